The van der Waals surface area contributed by atoms with Crippen molar-refractivity contribution in [3.05, 3.63) is 146 Å². The number of hydrogen-bond acceptors (Lipinski definition) is 0. The summed E-state index contributed by atoms with van der Waals surface area (Å²) >= 11 is 1.36. The molecule has 1 aliphatic carbocycles. The Balaban J connectivity index is 0.000000422. The number of halogens is 2. The second-order valence-corrected chi connectivity index (χ2v) is 12.4. The molecule has 7 rings (SSSR count). The van der Waals surface area contributed by atoms with E-state index in [9.17, 15) is 0 Å². The first-order valence-electron chi connectivity index (χ1n) is 15.7. The molecule has 0 bridgehead atoms. The van der Waals surface area contributed by atoms with Crippen molar-refractivity contribution in [1.82, 2.24) is 0 Å². The molecule has 0 aromatic heterocycles. The van der Waals surface area contributed by atoms with Gasteiger partial charge >= 0.3 is 30.2 Å². The van der Waals surface area contributed by atoms with Gasteiger partial charge in [0.2, 0.25) is 0 Å². The molecule has 0 saturated heterocycles. The van der Waals surface area contributed by atoms with Crippen LogP contribution in [-0.2, 0) is 23.3 Å². The van der Waals surface area contributed by atoms with Crippen LogP contribution in [0.1, 0.15) is 80.0 Å². The van der Waals surface area contributed by atoms with Crippen molar-refractivity contribution in [3.8, 4) is 22.3 Å². The molecule has 4 heteroatoms. The SMILES string of the molecule is CC(C)c1cc2c(-c3ccccc3)cccc2[cH-]1.Cc1cc2c(-c3ccc(C4CCCCC4)cc3)ccc(C)c2[cH-]1.Cl.Cl.[CH3-].[CH3-].[Si]=[Zr]. The van der Waals surface area contributed by atoms with Gasteiger partial charge in [-0.2, -0.15) is 12.1 Å². The average molecular weight is 757 g/mol. The Bertz CT molecular complexity index is 1770. The predicted octanol–water partition coefficient (Wildman–Crippen LogP) is 13.6. The van der Waals surface area contributed by atoms with Gasteiger partial charge in [0, 0.05) is 0 Å². The van der Waals surface area contributed by atoms with Crippen molar-refractivity contribution in [2.45, 2.75) is 71.6 Å². The summed E-state index contributed by atoms with van der Waals surface area (Å²) in [5, 5.41) is 5.51. The van der Waals surface area contributed by atoms with Gasteiger partial charge in [0.15, 0.2) is 0 Å². The third-order valence-electron chi connectivity index (χ3n) is 9.07. The van der Waals surface area contributed by atoms with Crippen LogP contribution in [0.25, 0.3) is 43.8 Å². The van der Waals surface area contributed by atoms with Gasteiger partial charge in [0.05, 0.1) is 0 Å². The fraction of sp³-hybridized carbons (Fsp3) is 0.256. The van der Waals surface area contributed by atoms with E-state index in [0.717, 1.165) is 5.92 Å². The maximum absolute atomic E-state index is 3.06. The molecular weight excluding hydrogens is 707 g/mol. The molecule has 0 aliphatic heterocycles. The molecule has 6 aromatic carbocycles. The topological polar surface area (TPSA) is 0 Å². The molecule has 0 spiro atoms. The first-order valence-corrected chi connectivity index (χ1v) is 19.9. The summed E-state index contributed by atoms with van der Waals surface area (Å²) in [7, 11) is 0. The Hall–Kier alpha value is -2.22. The normalized spacial score (nSPS) is 12.3. The average Bonchev–Trinajstić information content (AvgIpc) is 3.68. The molecule has 0 heterocycles. The molecule has 0 N–H and O–H groups in total. The molecular formula is C43H50Cl2SiZr-4. The maximum atomic E-state index is 3.06. The van der Waals surface area contributed by atoms with Gasteiger partial charge in [0.1, 0.15) is 0 Å². The first-order chi connectivity index (χ1) is 21.0. The molecule has 248 valence electrons. The Morgan fingerprint density at radius 2 is 1.28 bits per heavy atom. The van der Waals surface area contributed by atoms with Gasteiger partial charge in [-0.05, 0) is 41.4 Å². The van der Waals surface area contributed by atoms with E-state index in [1.54, 1.807) is 0 Å². The fourth-order valence-corrected chi connectivity index (χ4v) is 6.67. The Labute approximate surface area is 314 Å². The fourth-order valence-electron chi connectivity index (χ4n) is 6.67. The van der Waals surface area contributed by atoms with Gasteiger partial charge in [-0.3, -0.25) is 0 Å². The molecule has 0 atom stereocenters. The summed E-state index contributed by atoms with van der Waals surface area (Å²) in [6.07, 6.45) is 6.97. The summed E-state index contributed by atoms with van der Waals surface area (Å²) in [4.78, 5) is 0. The number of benzene rings is 4. The zero-order chi connectivity index (χ0) is 30.3. The van der Waals surface area contributed by atoms with Crippen LogP contribution >= 0.6 is 24.8 Å². The van der Waals surface area contributed by atoms with Crippen LogP contribution in [0.15, 0.2) is 109 Å². The Morgan fingerprint density at radius 1 is 0.660 bits per heavy atom. The summed E-state index contributed by atoms with van der Waals surface area (Å²) in [6, 6.07) is 40.4. The minimum absolute atomic E-state index is 0. The molecule has 0 nitrogen and oxygen atoms in total. The van der Waals surface area contributed by atoms with Crippen LogP contribution in [0.5, 0.6) is 0 Å². The predicted molar refractivity (Wildman–Crippen MR) is 212 cm³/mol. The van der Waals surface area contributed by atoms with E-state index >= 15 is 0 Å². The zero-order valence-electron chi connectivity index (χ0n) is 28.9. The van der Waals surface area contributed by atoms with Crippen molar-refractivity contribution < 1.29 is 23.3 Å². The van der Waals surface area contributed by atoms with Crippen LogP contribution < -0.4 is 0 Å². The zero-order valence-corrected chi connectivity index (χ0v) is 34.0. The number of fused-ring (bicyclic) bond motifs is 2. The van der Waals surface area contributed by atoms with E-state index < -0.39 is 0 Å². The number of aryl methyl sites for hydroxylation is 2. The van der Waals surface area contributed by atoms with Gasteiger partial charge in [-0.25, -0.2) is 0 Å². The number of hydrogen-bond donors (Lipinski definition) is 0. The summed E-state index contributed by atoms with van der Waals surface area (Å²) in [5.41, 5.74) is 11.0. The molecule has 2 radical (unpaired) electrons. The molecule has 0 amide bonds. The quantitative estimate of drug-likeness (QED) is 0.124. The first kappa shape index (κ1) is 42.8. The Morgan fingerprint density at radius 3 is 1.91 bits per heavy atom. The third kappa shape index (κ3) is 10.1. The van der Waals surface area contributed by atoms with Crippen molar-refractivity contribution in [1.29, 1.82) is 0 Å². The molecule has 1 aliphatic rings. The second kappa shape index (κ2) is 20.3. The van der Waals surface area contributed by atoms with Gasteiger partial charge < -0.3 is 14.9 Å². The van der Waals surface area contributed by atoms with Crippen molar-refractivity contribution >= 4 is 53.2 Å². The van der Waals surface area contributed by atoms with Crippen LogP contribution in [-0.4, -0.2) is 6.88 Å². The monoisotopic (exact) mass is 754 g/mol. The van der Waals surface area contributed by atoms with Crippen LogP contribution in [0.4, 0.5) is 0 Å². The van der Waals surface area contributed by atoms with Crippen LogP contribution in [0.2, 0.25) is 0 Å². The van der Waals surface area contributed by atoms with E-state index in [4.69, 9.17) is 0 Å². The molecule has 47 heavy (non-hydrogen) atoms. The van der Waals surface area contributed by atoms with E-state index in [2.05, 4.69) is 144 Å². The van der Waals surface area contributed by atoms with Crippen molar-refractivity contribution in [2.75, 3.05) is 0 Å². The van der Waals surface area contributed by atoms with Crippen LogP contribution in [0, 0.1) is 28.7 Å². The van der Waals surface area contributed by atoms with Crippen LogP contribution in [0.3, 0.4) is 0 Å². The second-order valence-electron chi connectivity index (χ2n) is 12.4. The molecule has 1 fully saturated rings. The minimum atomic E-state index is 0. The molecule has 0 unspecified atom stereocenters. The molecule has 6 aromatic rings. The van der Waals surface area contributed by atoms with E-state index in [1.807, 2.05) is 0 Å². The van der Waals surface area contributed by atoms with Crippen molar-refractivity contribution in [2.24, 2.45) is 0 Å². The summed E-state index contributed by atoms with van der Waals surface area (Å²) in [5.74, 6) is 1.37. The van der Waals surface area contributed by atoms with Crippen molar-refractivity contribution in [3.63, 3.8) is 0 Å². The van der Waals surface area contributed by atoms with E-state index in [-0.39, 0.29) is 39.7 Å². The summed E-state index contributed by atoms with van der Waals surface area (Å²) in [6.45, 7) is 12.0. The van der Waals surface area contributed by atoms with Gasteiger partial charge in [-0.1, -0.05) is 125 Å². The van der Waals surface area contributed by atoms with E-state index in [1.165, 1.54) is 121 Å². The summed E-state index contributed by atoms with van der Waals surface area (Å²) < 4.78 is 0. The van der Waals surface area contributed by atoms with E-state index in [0.29, 0.717) is 5.92 Å². The Kier molecular flexibility index (Phi) is 18.5. The van der Waals surface area contributed by atoms with Gasteiger partial charge in [-0.15, -0.1) is 93.4 Å². The van der Waals surface area contributed by atoms with Gasteiger partial charge in [0.25, 0.3) is 0 Å². The number of rotatable bonds is 4. The third-order valence-corrected chi connectivity index (χ3v) is 9.07. The molecule has 1 saturated carbocycles. The standard InChI is InChI=1S/C23H25.C18H17.2CH3.2ClH.Si.Zr/c1-16-14-22-17(2)8-13-21(23(22)15-16)20-11-9-19(10-12-20)18-6-4-3-5-7-18;1-13(2)16-11-15-9-6-10-17(18(15)12-16)14-7-4-3-5-8-14;;;;;;/h8-15,18H,3-7H2,1-2H3;3-13H,1-2H3;2*1H3;2*1H;;/q4*-1;;;;.